The first-order chi connectivity index (χ1) is 15.3. The van der Waals surface area contributed by atoms with Crippen molar-refractivity contribution in [3.05, 3.63) is 95.6 Å². The van der Waals surface area contributed by atoms with Crippen molar-refractivity contribution < 1.29 is 17.9 Å². The Morgan fingerprint density at radius 3 is 2.09 bits per heavy atom. The Kier molecular flexibility index (Phi) is 7.53. The van der Waals surface area contributed by atoms with E-state index >= 15 is 0 Å². The molecular formula is C25H28N2O4S. The van der Waals surface area contributed by atoms with Gasteiger partial charge in [-0.25, -0.2) is 8.42 Å². The summed E-state index contributed by atoms with van der Waals surface area (Å²) in [7, 11) is -3.68. The Labute approximate surface area is 189 Å². The molecule has 3 aromatic rings. The number of sulfonamides is 1. The second-order valence-corrected chi connectivity index (χ2v) is 9.43. The zero-order valence-corrected chi connectivity index (χ0v) is 19.3. The van der Waals surface area contributed by atoms with Gasteiger partial charge in [-0.3, -0.25) is 9.10 Å². The summed E-state index contributed by atoms with van der Waals surface area (Å²) in [5.41, 5.74) is 3.35. The maximum absolute atomic E-state index is 13.0. The fourth-order valence-corrected chi connectivity index (χ4v) is 4.23. The normalized spacial score (nSPS) is 12.1. The van der Waals surface area contributed by atoms with Crippen LogP contribution in [-0.2, 0) is 14.8 Å². The van der Waals surface area contributed by atoms with Gasteiger partial charge >= 0.3 is 0 Å². The van der Waals surface area contributed by atoms with Crippen molar-refractivity contribution in [2.45, 2.75) is 19.9 Å². The van der Waals surface area contributed by atoms with Crippen LogP contribution in [0.15, 0.2) is 78.9 Å². The first-order valence-corrected chi connectivity index (χ1v) is 12.2. The van der Waals surface area contributed by atoms with E-state index in [0.29, 0.717) is 18.0 Å². The van der Waals surface area contributed by atoms with E-state index in [1.54, 1.807) is 24.3 Å². The summed E-state index contributed by atoms with van der Waals surface area (Å²) in [5.74, 6) is 0.233. The van der Waals surface area contributed by atoms with Crippen molar-refractivity contribution in [2.75, 3.05) is 23.7 Å². The largest absolute Gasteiger partial charge is 0.494 e. The van der Waals surface area contributed by atoms with Gasteiger partial charge in [0.05, 0.1) is 24.6 Å². The van der Waals surface area contributed by atoms with E-state index in [1.165, 1.54) is 0 Å². The molecule has 1 N–H and O–H groups in total. The molecule has 0 aliphatic rings. The minimum Gasteiger partial charge on any atom is -0.494 e. The Balaban J connectivity index is 1.85. The second-order valence-electron chi connectivity index (χ2n) is 7.52. The smallest absolute Gasteiger partial charge is 0.241 e. The zero-order chi connectivity index (χ0) is 23.1. The van der Waals surface area contributed by atoms with E-state index in [4.69, 9.17) is 4.74 Å². The Bertz CT molecular complexity index is 1130. The lowest BCUT2D eigenvalue weighted by Gasteiger charge is -2.25. The molecule has 0 aliphatic carbocycles. The summed E-state index contributed by atoms with van der Waals surface area (Å²) in [5, 5.41) is 3.00. The zero-order valence-electron chi connectivity index (χ0n) is 18.5. The van der Waals surface area contributed by atoms with Crippen molar-refractivity contribution in [3.8, 4) is 5.75 Å². The summed E-state index contributed by atoms with van der Waals surface area (Å²) >= 11 is 0. The van der Waals surface area contributed by atoms with Gasteiger partial charge in [-0.05, 0) is 49.2 Å². The lowest BCUT2D eigenvalue weighted by atomic mass is 9.98. The third-order valence-corrected chi connectivity index (χ3v) is 6.11. The summed E-state index contributed by atoms with van der Waals surface area (Å²) in [6.07, 6.45) is 1.09. The van der Waals surface area contributed by atoms with E-state index in [0.717, 1.165) is 27.3 Å². The van der Waals surface area contributed by atoms with Crippen LogP contribution in [0.4, 0.5) is 5.69 Å². The van der Waals surface area contributed by atoms with E-state index in [2.05, 4.69) is 5.32 Å². The molecule has 1 atom stereocenters. The van der Waals surface area contributed by atoms with Crippen molar-refractivity contribution in [1.29, 1.82) is 0 Å². The quantitative estimate of drug-likeness (QED) is 0.531. The summed E-state index contributed by atoms with van der Waals surface area (Å²) in [6.45, 7) is 4.05. The number of hydrogen-bond acceptors (Lipinski definition) is 4. The maximum atomic E-state index is 13.0. The van der Waals surface area contributed by atoms with Gasteiger partial charge in [0, 0.05) is 0 Å². The van der Waals surface area contributed by atoms with Gasteiger partial charge in [-0.15, -0.1) is 0 Å². The van der Waals surface area contributed by atoms with Crippen molar-refractivity contribution in [3.63, 3.8) is 0 Å². The summed E-state index contributed by atoms with van der Waals surface area (Å²) < 4.78 is 31.4. The number of benzene rings is 3. The molecule has 0 fully saturated rings. The molecular weight excluding hydrogens is 424 g/mol. The highest BCUT2D eigenvalue weighted by Crippen LogP contribution is 2.24. The first-order valence-electron chi connectivity index (χ1n) is 10.4. The molecule has 0 heterocycles. The van der Waals surface area contributed by atoms with Crippen molar-refractivity contribution in [2.24, 2.45) is 0 Å². The molecule has 3 rings (SSSR count). The average Bonchev–Trinajstić information content (AvgIpc) is 2.77. The molecule has 0 aromatic heterocycles. The number of hydrogen-bond donors (Lipinski definition) is 1. The highest BCUT2D eigenvalue weighted by Gasteiger charge is 2.23. The van der Waals surface area contributed by atoms with Crippen LogP contribution in [0.1, 0.15) is 29.7 Å². The van der Waals surface area contributed by atoms with Crippen LogP contribution < -0.4 is 14.4 Å². The molecule has 0 spiro atoms. The van der Waals surface area contributed by atoms with Gasteiger partial charge < -0.3 is 10.1 Å². The fraction of sp³-hybridized carbons (Fsp3) is 0.240. The molecule has 168 valence electrons. The molecule has 6 nitrogen and oxygen atoms in total. The molecule has 0 unspecified atom stereocenters. The van der Waals surface area contributed by atoms with Crippen LogP contribution >= 0.6 is 0 Å². The van der Waals surface area contributed by atoms with Crippen LogP contribution in [0, 0.1) is 6.92 Å². The van der Waals surface area contributed by atoms with Gasteiger partial charge in [0.2, 0.25) is 15.9 Å². The van der Waals surface area contributed by atoms with Crippen LogP contribution in [0.25, 0.3) is 0 Å². The Morgan fingerprint density at radius 1 is 0.938 bits per heavy atom. The number of nitrogens with zero attached hydrogens (tertiary/aromatic N) is 1. The molecule has 7 heteroatoms. The number of aryl methyl sites for hydroxylation is 1. The lowest BCUT2D eigenvalue weighted by molar-refractivity contribution is -0.120. The number of rotatable bonds is 9. The van der Waals surface area contributed by atoms with E-state index < -0.39 is 22.0 Å². The molecule has 0 aliphatic heterocycles. The van der Waals surface area contributed by atoms with Crippen LogP contribution in [-0.4, -0.2) is 33.7 Å². The second kappa shape index (κ2) is 10.3. The van der Waals surface area contributed by atoms with Gasteiger partial charge in [-0.2, -0.15) is 0 Å². The predicted molar refractivity (Wildman–Crippen MR) is 127 cm³/mol. The van der Waals surface area contributed by atoms with Gasteiger partial charge in [0.25, 0.3) is 0 Å². The topological polar surface area (TPSA) is 75.7 Å². The summed E-state index contributed by atoms with van der Waals surface area (Å²) in [6, 6.07) is 23.8. The minimum atomic E-state index is -3.68. The number of carbonyl (C=O) groups excluding carboxylic acids is 1. The van der Waals surface area contributed by atoms with Gasteiger partial charge in [-0.1, -0.05) is 60.2 Å². The predicted octanol–water partition coefficient (Wildman–Crippen LogP) is 4.07. The number of amides is 1. The number of anilines is 1. The highest BCUT2D eigenvalue weighted by atomic mass is 32.2. The van der Waals surface area contributed by atoms with E-state index in [-0.39, 0.29) is 6.54 Å². The molecule has 1 amide bonds. The standard InChI is InChI=1S/C25H28N2O4S/c1-4-31-23-16-14-22(15-17-23)27(32(3,29)30)18-24(28)26-25(20-8-6-5-7-9-20)21-12-10-19(2)11-13-21/h5-17,25H,4,18H2,1-3H3,(H,26,28)/t25-/m0/s1. The molecule has 3 aromatic carbocycles. The molecule has 0 radical (unpaired) electrons. The Morgan fingerprint density at radius 2 is 1.53 bits per heavy atom. The maximum Gasteiger partial charge on any atom is 0.241 e. The van der Waals surface area contributed by atoms with Crippen LogP contribution in [0.5, 0.6) is 5.75 Å². The molecule has 0 bridgehead atoms. The Hall–Kier alpha value is -3.32. The van der Waals surface area contributed by atoms with Crippen molar-refractivity contribution >= 4 is 21.6 Å². The highest BCUT2D eigenvalue weighted by molar-refractivity contribution is 7.92. The first kappa shape index (κ1) is 23.3. The van der Waals surface area contributed by atoms with E-state index in [1.807, 2.05) is 68.4 Å². The number of carbonyl (C=O) groups is 1. The van der Waals surface area contributed by atoms with Gasteiger partial charge in [0.15, 0.2) is 0 Å². The number of nitrogens with one attached hydrogen (secondary N) is 1. The van der Waals surface area contributed by atoms with Gasteiger partial charge in [0.1, 0.15) is 12.3 Å². The molecule has 0 saturated carbocycles. The third kappa shape index (κ3) is 6.11. The molecule has 32 heavy (non-hydrogen) atoms. The fourth-order valence-electron chi connectivity index (χ4n) is 3.38. The van der Waals surface area contributed by atoms with Crippen LogP contribution in [0.2, 0.25) is 0 Å². The SMILES string of the molecule is CCOc1ccc(N(CC(=O)N[C@@H](c2ccccc2)c2ccc(C)cc2)S(C)(=O)=O)cc1. The average molecular weight is 453 g/mol. The third-order valence-electron chi connectivity index (χ3n) is 4.97. The minimum absolute atomic E-state index is 0.331. The lowest BCUT2D eigenvalue weighted by Crippen LogP contribution is -2.41. The molecule has 0 saturated heterocycles. The van der Waals surface area contributed by atoms with Crippen LogP contribution in [0.3, 0.4) is 0 Å². The number of ether oxygens (including phenoxy) is 1. The van der Waals surface area contributed by atoms with E-state index in [9.17, 15) is 13.2 Å². The monoisotopic (exact) mass is 452 g/mol. The summed E-state index contributed by atoms with van der Waals surface area (Å²) in [4.78, 5) is 13.0. The van der Waals surface area contributed by atoms with Crippen molar-refractivity contribution in [1.82, 2.24) is 5.32 Å².